The second-order valence-electron chi connectivity index (χ2n) is 4.57. The van der Waals surface area contributed by atoms with Gasteiger partial charge >= 0.3 is 0 Å². The molecule has 1 aliphatic carbocycles. The number of aromatic nitrogens is 2. The Balaban J connectivity index is 2.16. The van der Waals surface area contributed by atoms with Gasteiger partial charge in [0.1, 0.15) is 5.82 Å². The van der Waals surface area contributed by atoms with E-state index in [0.29, 0.717) is 18.6 Å². The number of hydrogen-bond acceptors (Lipinski definition) is 4. The molecule has 0 bridgehead atoms. The van der Waals surface area contributed by atoms with Crippen LogP contribution in [-0.4, -0.2) is 16.1 Å². The molecule has 1 aromatic heterocycles. The SMILES string of the molecule is CC(C)c1ncc(OC2CCC2)c(CN)n1. The molecule has 1 fully saturated rings. The maximum atomic E-state index is 5.80. The number of hydrogen-bond donors (Lipinski definition) is 1. The van der Waals surface area contributed by atoms with Gasteiger partial charge in [0.05, 0.1) is 18.0 Å². The Hall–Kier alpha value is -1.16. The van der Waals surface area contributed by atoms with Crippen LogP contribution in [0.1, 0.15) is 50.5 Å². The molecule has 1 heterocycles. The molecular weight excluding hydrogens is 202 g/mol. The highest BCUT2D eigenvalue weighted by atomic mass is 16.5. The highest BCUT2D eigenvalue weighted by Crippen LogP contribution is 2.26. The molecule has 0 aliphatic heterocycles. The highest BCUT2D eigenvalue weighted by molar-refractivity contribution is 5.25. The fourth-order valence-corrected chi connectivity index (χ4v) is 1.61. The van der Waals surface area contributed by atoms with Gasteiger partial charge in [-0.3, -0.25) is 0 Å². The van der Waals surface area contributed by atoms with Crippen molar-refractivity contribution in [2.45, 2.75) is 51.7 Å². The smallest absolute Gasteiger partial charge is 0.160 e. The van der Waals surface area contributed by atoms with Crippen molar-refractivity contribution in [3.63, 3.8) is 0 Å². The summed E-state index contributed by atoms with van der Waals surface area (Å²) in [7, 11) is 0. The molecular formula is C12H19N3O. The topological polar surface area (TPSA) is 61.0 Å². The van der Waals surface area contributed by atoms with Crippen molar-refractivity contribution in [1.29, 1.82) is 0 Å². The third-order valence-corrected chi connectivity index (χ3v) is 2.90. The van der Waals surface area contributed by atoms with E-state index in [1.54, 1.807) is 6.20 Å². The molecule has 0 radical (unpaired) electrons. The van der Waals surface area contributed by atoms with Gasteiger partial charge in [-0.2, -0.15) is 0 Å². The van der Waals surface area contributed by atoms with Gasteiger partial charge in [-0.1, -0.05) is 13.8 Å². The summed E-state index contributed by atoms with van der Waals surface area (Å²) in [6, 6.07) is 0. The average molecular weight is 221 g/mol. The highest BCUT2D eigenvalue weighted by Gasteiger charge is 2.21. The summed E-state index contributed by atoms with van der Waals surface area (Å²) in [5.74, 6) is 1.92. The second kappa shape index (κ2) is 4.78. The molecule has 1 aliphatic rings. The van der Waals surface area contributed by atoms with E-state index in [-0.39, 0.29) is 0 Å². The Kier molecular flexibility index (Phi) is 3.39. The lowest BCUT2D eigenvalue weighted by molar-refractivity contribution is 0.118. The zero-order valence-electron chi connectivity index (χ0n) is 9.94. The summed E-state index contributed by atoms with van der Waals surface area (Å²) in [6.45, 7) is 4.55. The van der Waals surface area contributed by atoms with Gasteiger partial charge in [0.15, 0.2) is 5.75 Å². The predicted octanol–water partition coefficient (Wildman–Crippen LogP) is 1.99. The van der Waals surface area contributed by atoms with Crippen LogP contribution in [0.25, 0.3) is 0 Å². The van der Waals surface area contributed by atoms with E-state index in [4.69, 9.17) is 10.5 Å². The van der Waals surface area contributed by atoms with E-state index in [2.05, 4.69) is 23.8 Å². The number of rotatable bonds is 4. The van der Waals surface area contributed by atoms with Crippen molar-refractivity contribution in [3.8, 4) is 5.75 Å². The van der Waals surface area contributed by atoms with Crippen molar-refractivity contribution in [2.24, 2.45) is 5.73 Å². The minimum atomic E-state index is 0.322. The van der Waals surface area contributed by atoms with Gasteiger partial charge in [0.2, 0.25) is 0 Å². The lowest BCUT2D eigenvalue weighted by Crippen LogP contribution is -2.25. The van der Waals surface area contributed by atoms with Crippen molar-refractivity contribution < 1.29 is 4.74 Å². The van der Waals surface area contributed by atoms with Gasteiger partial charge in [0, 0.05) is 12.5 Å². The Morgan fingerprint density at radius 3 is 2.75 bits per heavy atom. The van der Waals surface area contributed by atoms with Gasteiger partial charge in [-0.25, -0.2) is 9.97 Å². The molecule has 16 heavy (non-hydrogen) atoms. The molecule has 0 unspecified atom stereocenters. The normalized spacial score (nSPS) is 16.2. The number of nitrogens with two attached hydrogens (primary N) is 1. The molecule has 1 aromatic rings. The molecule has 4 heteroatoms. The maximum absolute atomic E-state index is 5.80. The first kappa shape index (κ1) is 11.3. The maximum Gasteiger partial charge on any atom is 0.160 e. The fraction of sp³-hybridized carbons (Fsp3) is 0.667. The fourth-order valence-electron chi connectivity index (χ4n) is 1.61. The zero-order chi connectivity index (χ0) is 11.5. The first-order valence-electron chi connectivity index (χ1n) is 5.93. The van der Waals surface area contributed by atoms with Crippen LogP contribution in [0.2, 0.25) is 0 Å². The number of nitrogens with zero attached hydrogens (tertiary/aromatic N) is 2. The summed E-state index contributed by atoms with van der Waals surface area (Å²) in [4.78, 5) is 8.75. The molecule has 0 amide bonds. The van der Waals surface area contributed by atoms with Gasteiger partial charge in [-0.15, -0.1) is 0 Å². The monoisotopic (exact) mass is 221 g/mol. The Bertz CT molecular complexity index is 361. The van der Waals surface area contributed by atoms with E-state index in [1.165, 1.54) is 6.42 Å². The van der Waals surface area contributed by atoms with Gasteiger partial charge < -0.3 is 10.5 Å². The molecule has 2 N–H and O–H groups in total. The third kappa shape index (κ3) is 2.32. The standard InChI is InChI=1S/C12H19N3O/c1-8(2)12-14-7-11(10(6-13)15-12)16-9-4-3-5-9/h7-9H,3-6,13H2,1-2H3. The van der Waals surface area contributed by atoms with Crippen LogP contribution in [0.3, 0.4) is 0 Å². The van der Waals surface area contributed by atoms with Crippen molar-refractivity contribution in [2.75, 3.05) is 0 Å². The van der Waals surface area contributed by atoms with Crippen LogP contribution < -0.4 is 10.5 Å². The van der Waals surface area contributed by atoms with Crippen LogP contribution in [-0.2, 0) is 6.54 Å². The Morgan fingerprint density at radius 2 is 2.25 bits per heavy atom. The summed E-state index contributed by atoms with van der Waals surface area (Å²) >= 11 is 0. The van der Waals surface area contributed by atoms with E-state index >= 15 is 0 Å². The first-order valence-corrected chi connectivity index (χ1v) is 5.93. The van der Waals surface area contributed by atoms with Gasteiger partial charge in [0.25, 0.3) is 0 Å². The molecule has 4 nitrogen and oxygen atoms in total. The summed E-state index contributed by atoms with van der Waals surface area (Å²) in [5, 5.41) is 0. The van der Waals surface area contributed by atoms with Crippen LogP contribution in [0, 0.1) is 0 Å². The van der Waals surface area contributed by atoms with Crippen molar-refractivity contribution in [3.05, 3.63) is 17.7 Å². The lowest BCUT2D eigenvalue weighted by Gasteiger charge is -2.27. The number of ether oxygens (including phenoxy) is 1. The molecule has 0 atom stereocenters. The Labute approximate surface area is 96.2 Å². The minimum Gasteiger partial charge on any atom is -0.487 e. The zero-order valence-corrected chi connectivity index (χ0v) is 9.94. The third-order valence-electron chi connectivity index (χ3n) is 2.90. The molecule has 88 valence electrons. The Morgan fingerprint density at radius 1 is 1.50 bits per heavy atom. The molecule has 0 spiro atoms. The van der Waals surface area contributed by atoms with Crippen LogP contribution in [0.5, 0.6) is 5.75 Å². The molecule has 0 aromatic carbocycles. The van der Waals surface area contributed by atoms with Gasteiger partial charge in [-0.05, 0) is 19.3 Å². The molecule has 2 rings (SSSR count). The lowest BCUT2D eigenvalue weighted by atomic mass is 9.96. The van der Waals surface area contributed by atoms with Crippen molar-refractivity contribution in [1.82, 2.24) is 9.97 Å². The summed E-state index contributed by atoms with van der Waals surface area (Å²) in [5.41, 5.74) is 6.51. The van der Waals surface area contributed by atoms with Crippen molar-refractivity contribution >= 4 is 0 Å². The predicted molar refractivity (Wildman–Crippen MR) is 62.3 cm³/mol. The summed E-state index contributed by atoms with van der Waals surface area (Å²) in [6.07, 6.45) is 5.64. The van der Waals surface area contributed by atoms with E-state index in [1.807, 2.05) is 0 Å². The van der Waals surface area contributed by atoms with Crippen LogP contribution in [0.15, 0.2) is 6.20 Å². The van der Waals surface area contributed by atoms with E-state index in [0.717, 1.165) is 30.1 Å². The van der Waals surface area contributed by atoms with Crippen LogP contribution >= 0.6 is 0 Å². The second-order valence-corrected chi connectivity index (χ2v) is 4.57. The first-order chi connectivity index (χ1) is 7.70. The molecule has 0 saturated heterocycles. The average Bonchev–Trinajstić information content (AvgIpc) is 2.23. The van der Waals surface area contributed by atoms with E-state index < -0.39 is 0 Å². The van der Waals surface area contributed by atoms with E-state index in [9.17, 15) is 0 Å². The summed E-state index contributed by atoms with van der Waals surface area (Å²) < 4.78 is 5.80. The largest absolute Gasteiger partial charge is 0.487 e. The van der Waals surface area contributed by atoms with Crippen LogP contribution in [0.4, 0.5) is 0 Å². The molecule has 1 saturated carbocycles. The minimum absolute atomic E-state index is 0.322. The quantitative estimate of drug-likeness (QED) is 0.844.